The maximum absolute atomic E-state index is 2.77. The molecule has 4 atom stereocenters. The first-order chi connectivity index (χ1) is 7.92. The maximum Gasteiger partial charge on any atom is 0.0382 e. The van der Waals surface area contributed by atoms with Crippen molar-refractivity contribution in [1.29, 1.82) is 0 Å². The summed E-state index contributed by atoms with van der Waals surface area (Å²) in [5.74, 6) is 1.93. The van der Waals surface area contributed by atoms with E-state index < -0.39 is 0 Å². The van der Waals surface area contributed by atoms with Crippen LogP contribution in [0.3, 0.4) is 0 Å². The number of fused-ring (bicyclic) bond motifs is 6. The SMILES string of the molecule is c1ccc2c(c1)C[C@@H]1C[C@H]3CCCN(C3)[C@@H]21. The average Bonchev–Trinajstić information content (AvgIpc) is 2.67. The van der Waals surface area contributed by atoms with Gasteiger partial charge in [-0.05, 0) is 55.2 Å². The second-order valence-electron chi connectivity index (χ2n) is 5.85. The Kier molecular flexibility index (Phi) is 1.92. The van der Waals surface area contributed by atoms with Crippen LogP contribution in [0.25, 0.3) is 0 Å². The van der Waals surface area contributed by atoms with E-state index >= 15 is 0 Å². The van der Waals surface area contributed by atoms with Gasteiger partial charge in [0.25, 0.3) is 0 Å². The number of benzene rings is 1. The van der Waals surface area contributed by atoms with Crippen LogP contribution in [-0.2, 0) is 6.42 Å². The van der Waals surface area contributed by atoms with Crippen LogP contribution in [0.1, 0.15) is 36.4 Å². The van der Waals surface area contributed by atoms with Crippen molar-refractivity contribution in [1.82, 2.24) is 4.90 Å². The number of hydrogen-bond donors (Lipinski definition) is 0. The van der Waals surface area contributed by atoms with E-state index in [1.807, 2.05) is 0 Å². The summed E-state index contributed by atoms with van der Waals surface area (Å²) < 4.78 is 0. The van der Waals surface area contributed by atoms with Crippen LogP contribution in [0.2, 0.25) is 0 Å². The first kappa shape index (κ1) is 9.23. The van der Waals surface area contributed by atoms with Crippen molar-refractivity contribution in [2.75, 3.05) is 13.1 Å². The number of rotatable bonds is 0. The lowest BCUT2D eigenvalue weighted by Crippen LogP contribution is -2.45. The van der Waals surface area contributed by atoms with Crippen LogP contribution in [0.15, 0.2) is 24.3 Å². The quantitative estimate of drug-likeness (QED) is 0.640. The lowest BCUT2D eigenvalue weighted by Gasteiger charge is -2.45. The van der Waals surface area contributed by atoms with Gasteiger partial charge in [-0.3, -0.25) is 4.90 Å². The predicted octanol–water partition coefficient (Wildman–Crippen LogP) is 3.02. The molecule has 1 heteroatoms. The van der Waals surface area contributed by atoms with E-state index in [1.54, 1.807) is 11.1 Å². The van der Waals surface area contributed by atoms with E-state index in [9.17, 15) is 0 Å². The van der Waals surface area contributed by atoms with Crippen molar-refractivity contribution >= 4 is 0 Å². The Balaban J connectivity index is 1.76. The van der Waals surface area contributed by atoms with E-state index in [2.05, 4.69) is 29.2 Å². The van der Waals surface area contributed by atoms with Crippen LogP contribution in [-0.4, -0.2) is 18.0 Å². The Morgan fingerprint density at radius 2 is 2.12 bits per heavy atom. The molecule has 2 fully saturated rings. The molecule has 2 bridgehead atoms. The smallest absolute Gasteiger partial charge is 0.0382 e. The van der Waals surface area contributed by atoms with Crippen LogP contribution < -0.4 is 0 Å². The molecular weight excluding hydrogens is 194 g/mol. The van der Waals surface area contributed by atoms with Gasteiger partial charge in [-0.15, -0.1) is 0 Å². The van der Waals surface area contributed by atoms with E-state index in [4.69, 9.17) is 0 Å². The fourth-order valence-electron chi connectivity index (χ4n) is 4.33. The van der Waals surface area contributed by atoms with Crippen LogP contribution >= 0.6 is 0 Å². The molecule has 2 heterocycles. The van der Waals surface area contributed by atoms with Gasteiger partial charge >= 0.3 is 0 Å². The van der Waals surface area contributed by atoms with Crippen LogP contribution in [0.5, 0.6) is 0 Å². The molecule has 1 aromatic carbocycles. The van der Waals surface area contributed by atoms with Gasteiger partial charge in [0, 0.05) is 12.6 Å². The molecule has 0 N–H and O–H groups in total. The molecule has 3 aliphatic rings. The number of nitrogens with zero attached hydrogens (tertiary/aromatic N) is 1. The van der Waals surface area contributed by atoms with E-state index in [1.165, 1.54) is 38.8 Å². The highest BCUT2D eigenvalue weighted by atomic mass is 15.2. The maximum atomic E-state index is 2.77. The Hall–Kier alpha value is -0.820. The number of hydrogen-bond acceptors (Lipinski definition) is 1. The van der Waals surface area contributed by atoms with Crippen LogP contribution in [0, 0.1) is 11.8 Å². The molecule has 1 aliphatic carbocycles. The number of piperidine rings is 2. The monoisotopic (exact) mass is 213 g/mol. The summed E-state index contributed by atoms with van der Waals surface area (Å²) in [6.45, 7) is 2.71. The highest BCUT2D eigenvalue weighted by Crippen LogP contribution is 2.48. The molecule has 2 saturated heterocycles. The highest BCUT2D eigenvalue weighted by molar-refractivity contribution is 5.36. The zero-order chi connectivity index (χ0) is 10.5. The summed E-state index contributed by atoms with van der Waals surface area (Å²) in [6.07, 6.45) is 5.73. The summed E-state index contributed by atoms with van der Waals surface area (Å²) in [5.41, 5.74) is 3.28. The third-order valence-electron chi connectivity index (χ3n) is 4.88. The zero-order valence-corrected chi connectivity index (χ0v) is 9.73. The van der Waals surface area contributed by atoms with Crippen molar-refractivity contribution in [2.45, 2.75) is 31.7 Å². The minimum Gasteiger partial charge on any atom is -0.296 e. The second-order valence-corrected chi connectivity index (χ2v) is 5.85. The molecule has 16 heavy (non-hydrogen) atoms. The van der Waals surface area contributed by atoms with Crippen molar-refractivity contribution in [3.8, 4) is 0 Å². The minimum atomic E-state index is 0.771. The molecule has 84 valence electrons. The third-order valence-corrected chi connectivity index (χ3v) is 4.88. The van der Waals surface area contributed by atoms with Crippen molar-refractivity contribution in [3.63, 3.8) is 0 Å². The molecule has 1 nitrogen and oxygen atoms in total. The Labute approximate surface area is 97.5 Å². The van der Waals surface area contributed by atoms with Gasteiger partial charge in [-0.25, -0.2) is 0 Å². The van der Waals surface area contributed by atoms with Gasteiger partial charge in [0.15, 0.2) is 0 Å². The lowest BCUT2D eigenvalue weighted by atomic mass is 9.79. The first-order valence-corrected chi connectivity index (χ1v) is 6.73. The van der Waals surface area contributed by atoms with Gasteiger partial charge in [-0.2, -0.15) is 0 Å². The lowest BCUT2D eigenvalue weighted by molar-refractivity contribution is 0.0304. The molecule has 0 radical (unpaired) electrons. The summed E-state index contributed by atoms with van der Waals surface area (Å²) >= 11 is 0. The molecule has 0 aromatic heterocycles. The van der Waals surface area contributed by atoms with Crippen molar-refractivity contribution in [3.05, 3.63) is 35.4 Å². The van der Waals surface area contributed by atoms with Crippen molar-refractivity contribution < 1.29 is 0 Å². The zero-order valence-electron chi connectivity index (χ0n) is 9.73. The predicted molar refractivity (Wildman–Crippen MR) is 65.3 cm³/mol. The fourth-order valence-corrected chi connectivity index (χ4v) is 4.33. The molecular formula is C15H19N. The standard InChI is InChI=1S/C15H19N/c1-2-6-14-12(5-1)9-13-8-11-4-3-7-16(10-11)15(13)14/h1-2,5-6,11,13,15H,3-4,7-10H2/t11-,13+,15-/m1/s1. The first-order valence-electron chi connectivity index (χ1n) is 6.73. The fraction of sp³-hybridized carbons (Fsp3) is 0.600. The molecule has 1 unspecified atom stereocenters. The minimum absolute atomic E-state index is 0.771. The highest BCUT2D eigenvalue weighted by Gasteiger charge is 2.42. The third kappa shape index (κ3) is 1.21. The Morgan fingerprint density at radius 1 is 1.19 bits per heavy atom. The Morgan fingerprint density at radius 3 is 3.12 bits per heavy atom. The Bertz CT molecular complexity index is 410. The van der Waals surface area contributed by atoms with E-state index in [0.717, 1.165) is 17.9 Å². The topological polar surface area (TPSA) is 3.24 Å². The summed E-state index contributed by atoms with van der Waals surface area (Å²) in [7, 11) is 0. The van der Waals surface area contributed by atoms with Gasteiger partial charge in [-0.1, -0.05) is 24.3 Å². The molecule has 1 aromatic rings. The molecule has 2 aliphatic heterocycles. The summed E-state index contributed by atoms with van der Waals surface area (Å²) in [5, 5.41) is 0. The van der Waals surface area contributed by atoms with Crippen LogP contribution in [0.4, 0.5) is 0 Å². The molecule has 0 spiro atoms. The van der Waals surface area contributed by atoms with E-state index in [-0.39, 0.29) is 0 Å². The van der Waals surface area contributed by atoms with Gasteiger partial charge in [0.05, 0.1) is 0 Å². The largest absolute Gasteiger partial charge is 0.296 e. The van der Waals surface area contributed by atoms with E-state index in [0.29, 0.717) is 0 Å². The van der Waals surface area contributed by atoms with Crippen molar-refractivity contribution in [2.24, 2.45) is 11.8 Å². The van der Waals surface area contributed by atoms with Gasteiger partial charge < -0.3 is 0 Å². The normalized spacial score (nSPS) is 40.2. The summed E-state index contributed by atoms with van der Waals surface area (Å²) in [4.78, 5) is 2.77. The second kappa shape index (κ2) is 3.33. The molecule has 0 amide bonds. The van der Waals surface area contributed by atoms with Gasteiger partial charge in [0.2, 0.25) is 0 Å². The summed E-state index contributed by atoms with van der Waals surface area (Å²) in [6, 6.07) is 9.91. The molecule has 4 rings (SSSR count). The molecule has 0 saturated carbocycles. The average molecular weight is 213 g/mol. The van der Waals surface area contributed by atoms with Gasteiger partial charge in [0.1, 0.15) is 0 Å².